The molecule has 0 bridgehead atoms. The van der Waals surface area contributed by atoms with E-state index >= 15 is 0 Å². The standard InChI is InChI=1S/C26H26N6O4/c1-2-36-25(35)18-8-10-19(11-9-18)28-23(33)16-22-24(34)31(14-5-13-30-15-12-27-17-30)26-29-20-6-3-4-7-21(20)32(22)26/h3-4,6-12,15,17,22H,2,5,13-14,16H2,1H3,(H,28,33)/t22-/m1/s1. The van der Waals surface area contributed by atoms with Crippen LogP contribution in [0.4, 0.5) is 11.6 Å². The molecule has 0 aliphatic carbocycles. The number of hydrogen-bond acceptors (Lipinski definition) is 6. The van der Waals surface area contributed by atoms with Crippen LogP contribution in [0.3, 0.4) is 0 Å². The number of carbonyl (C=O) groups excluding carboxylic acids is 3. The molecule has 4 aromatic rings. The first kappa shape index (κ1) is 23.3. The van der Waals surface area contributed by atoms with Gasteiger partial charge in [0.25, 0.3) is 5.91 Å². The number of carbonyl (C=O) groups is 3. The fourth-order valence-corrected chi connectivity index (χ4v) is 4.43. The number of ether oxygens (including phenoxy) is 1. The van der Waals surface area contributed by atoms with Crippen LogP contribution in [0.15, 0.2) is 67.3 Å². The number of imidazole rings is 2. The lowest BCUT2D eigenvalue weighted by atomic mass is 10.1. The van der Waals surface area contributed by atoms with E-state index in [-0.39, 0.29) is 24.8 Å². The minimum atomic E-state index is -0.695. The summed E-state index contributed by atoms with van der Waals surface area (Å²) < 4.78 is 8.81. The Labute approximate surface area is 207 Å². The first-order valence-corrected chi connectivity index (χ1v) is 11.9. The van der Waals surface area contributed by atoms with Crippen LogP contribution >= 0.6 is 0 Å². The maximum Gasteiger partial charge on any atom is 0.338 e. The molecule has 184 valence electrons. The molecular weight excluding hydrogens is 460 g/mol. The van der Waals surface area contributed by atoms with Crippen molar-refractivity contribution < 1.29 is 19.1 Å². The van der Waals surface area contributed by atoms with Crippen molar-refractivity contribution in [1.29, 1.82) is 0 Å². The van der Waals surface area contributed by atoms with Gasteiger partial charge in [0, 0.05) is 31.2 Å². The summed E-state index contributed by atoms with van der Waals surface area (Å²) in [6.45, 7) is 3.23. The van der Waals surface area contributed by atoms with Crippen molar-refractivity contribution in [3.63, 3.8) is 0 Å². The Hall–Kier alpha value is -4.47. The molecule has 36 heavy (non-hydrogen) atoms. The fourth-order valence-electron chi connectivity index (χ4n) is 4.43. The fraction of sp³-hybridized carbons (Fsp3) is 0.269. The highest BCUT2D eigenvalue weighted by Gasteiger charge is 2.40. The largest absolute Gasteiger partial charge is 0.462 e. The average Bonchev–Trinajstić information content (AvgIpc) is 3.58. The molecule has 0 saturated carbocycles. The molecule has 0 radical (unpaired) electrons. The van der Waals surface area contributed by atoms with E-state index in [1.165, 1.54) is 0 Å². The van der Waals surface area contributed by atoms with E-state index in [1.807, 2.05) is 39.6 Å². The Balaban J connectivity index is 1.32. The second kappa shape index (κ2) is 10.0. The number of hydrogen-bond donors (Lipinski definition) is 1. The Bertz CT molecular complexity index is 1390. The van der Waals surface area contributed by atoms with Crippen LogP contribution in [-0.4, -0.2) is 50.0 Å². The SMILES string of the molecule is CCOC(=O)c1ccc(NC(=O)C[C@@H]2C(=O)N(CCCn3ccnc3)c3nc4ccccc4n32)cc1. The number of esters is 1. The molecule has 2 aromatic heterocycles. The van der Waals surface area contributed by atoms with Crippen molar-refractivity contribution >= 4 is 40.5 Å². The van der Waals surface area contributed by atoms with Gasteiger partial charge in [0.05, 0.1) is 36.0 Å². The molecular formula is C26H26N6O4. The number of rotatable bonds is 9. The first-order chi connectivity index (χ1) is 17.5. The summed E-state index contributed by atoms with van der Waals surface area (Å²) in [5, 5.41) is 2.83. The normalized spacial score (nSPS) is 14.8. The summed E-state index contributed by atoms with van der Waals surface area (Å²) in [4.78, 5) is 48.7. The number of amides is 2. The first-order valence-electron chi connectivity index (χ1n) is 11.9. The number of nitrogens with one attached hydrogen (secondary N) is 1. The molecule has 3 heterocycles. The zero-order valence-corrected chi connectivity index (χ0v) is 19.8. The topological polar surface area (TPSA) is 111 Å². The van der Waals surface area contributed by atoms with Gasteiger partial charge in [-0.05, 0) is 49.7 Å². The minimum absolute atomic E-state index is 0.0379. The predicted octanol–water partition coefficient (Wildman–Crippen LogP) is 3.42. The molecule has 1 N–H and O–H groups in total. The number of aromatic nitrogens is 4. The lowest BCUT2D eigenvalue weighted by Gasteiger charge is -2.16. The van der Waals surface area contributed by atoms with Crippen molar-refractivity contribution in [2.24, 2.45) is 0 Å². The lowest BCUT2D eigenvalue weighted by molar-refractivity contribution is -0.124. The van der Waals surface area contributed by atoms with Crippen LogP contribution in [0.1, 0.15) is 36.2 Å². The highest BCUT2D eigenvalue weighted by atomic mass is 16.5. The maximum atomic E-state index is 13.4. The van der Waals surface area contributed by atoms with Gasteiger partial charge in [-0.25, -0.2) is 14.8 Å². The van der Waals surface area contributed by atoms with Crippen LogP contribution < -0.4 is 10.2 Å². The summed E-state index contributed by atoms with van der Waals surface area (Å²) in [6, 6.07) is 13.4. The third-order valence-electron chi connectivity index (χ3n) is 6.10. The van der Waals surface area contributed by atoms with E-state index in [4.69, 9.17) is 9.72 Å². The van der Waals surface area contributed by atoms with E-state index in [0.29, 0.717) is 23.7 Å². The van der Waals surface area contributed by atoms with Gasteiger partial charge in [0.1, 0.15) is 6.04 Å². The predicted molar refractivity (Wildman–Crippen MR) is 134 cm³/mol. The molecule has 10 nitrogen and oxygen atoms in total. The Morgan fingerprint density at radius 3 is 2.64 bits per heavy atom. The molecule has 2 amide bonds. The van der Waals surface area contributed by atoms with Crippen molar-refractivity contribution in [1.82, 2.24) is 19.1 Å². The molecule has 5 rings (SSSR count). The van der Waals surface area contributed by atoms with Gasteiger partial charge in [-0.2, -0.15) is 0 Å². The maximum absolute atomic E-state index is 13.4. The summed E-state index contributed by atoms with van der Waals surface area (Å²) in [6.07, 6.45) is 6.03. The summed E-state index contributed by atoms with van der Waals surface area (Å²) >= 11 is 0. The zero-order valence-electron chi connectivity index (χ0n) is 19.8. The van der Waals surface area contributed by atoms with Crippen molar-refractivity contribution in [3.8, 4) is 0 Å². The number of benzene rings is 2. The van der Waals surface area contributed by atoms with Gasteiger partial charge >= 0.3 is 5.97 Å². The van der Waals surface area contributed by atoms with E-state index < -0.39 is 12.0 Å². The highest BCUT2D eigenvalue weighted by Crippen LogP contribution is 2.36. The average molecular weight is 487 g/mol. The van der Waals surface area contributed by atoms with Gasteiger partial charge in [-0.3, -0.25) is 19.1 Å². The Morgan fingerprint density at radius 2 is 1.89 bits per heavy atom. The van der Waals surface area contributed by atoms with Gasteiger partial charge in [0.15, 0.2) is 0 Å². The third kappa shape index (κ3) is 4.57. The summed E-state index contributed by atoms with van der Waals surface area (Å²) in [5.74, 6) is -0.314. The number of fused-ring (bicyclic) bond motifs is 3. The van der Waals surface area contributed by atoms with Crippen LogP contribution in [0.2, 0.25) is 0 Å². The summed E-state index contributed by atoms with van der Waals surface area (Å²) in [7, 11) is 0. The molecule has 0 saturated heterocycles. The molecule has 1 atom stereocenters. The van der Waals surface area contributed by atoms with Gasteiger partial charge in [-0.1, -0.05) is 12.1 Å². The molecule has 1 aliphatic heterocycles. The molecule has 10 heteroatoms. The van der Waals surface area contributed by atoms with Crippen LogP contribution in [-0.2, 0) is 20.9 Å². The van der Waals surface area contributed by atoms with Crippen molar-refractivity contribution in [3.05, 3.63) is 72.8 Å². The second-order valence-corrected chi connectivity index (χ2v) is 8.48. The molecule has 1 aliphatic rings. The van der Waals surface area contributed by atoms with E-state index in [2.05, 4.69) is 10.3 Å². The van der Waals surface area contributed by atoms with Crippen LogP contribution in [0, 0.1) is 0 Å². The smallest absolute Gasteiger partial charge is 0.338 e. The van der Waals surface area contributed by atoms with E-state index in [1.54, 1.807) is 48.6 Å². The van der Waals surface area contributed by atoms with E-state index in [0.717, 1.165) is 24.0 Å². The molecule has 0 unspecified atom stereocenters. The number of aryl methyl sites for hydroxylation is 1. The monoisotopic (exact) mass is 486 g/mol. The second-order valence-electron chi connectivity index (χ2n) is 8.48. The van der Waals surface area contributed by atoms with Crippen LogP contribution in [0.5, 0.6) is 0 Å². The lowest BCUT2D eigenvalue weighted by Crippen LogP contribution is -2.32. The number of anilines is 2. The zero-order chi connectivity index (χ0) is 25.1. The Morgan fingerprint density at radius 1 is 1.08 bits per heavy atom. The Kier molecular flexibility index (Phi) is 6.48. The van der Waals surface area contributed by atoms with Gasteiger partial charge in [-0.15, -0.1) is 0 Å². The summed E-state index contributed by atoms with van der Waals surface area (Å²) in [5.41, 5.74) is 2.53. The number of nitrogens with zero attached hydrogens (tertiary/aromatic N) is 5. The van der Waals surface area contributed by atoms with E-state index in [9.17, 15) is 14.4 Å². The molecule has 0 spiro atoms. The van der Waals surface area contributed by atoms with Crippen molar-refractivity contribution in [2.45, 2.75) is 32.4 Å². The third-order valence-corrected chi connectivity index (χ3v) is 6.10. The quantitative estimate of drug-likeness (QED) is 0.363. The van der Waals surface area contributed by atoms with Gasteiger partial charge in [0.2, 0.25) is 11.9 Å². The minimum Gasteiger partial charge on any atom is -0.462 e. The molecule has 2 aromatic carbocycles. The van der Waals surface area contributed by atoms with Crippen molar-refractivity contribution in [2.75, 3.05) is 23.4 Å². The molecule has 0 fully saturated rings. The van der Waals surface area contributed by atoms with Crippen LogP contribution in [0.25, 0.3) is 11.0 Å². The highest BCUT2D eigenvalue weighted by molar-refractivity contribution is 6.05. The van der Waals surface area contributed by atoms with Gasteiger partial charge < -0.3 is 14.6 Å². The number of para-hydroxylation sites is 2.